The summed E-state index contributed by atoms with van der Waals surface area (Å²) in [7, 11) is 0. The number of carbonyl (C=O) groups excluding carboxylic acids is 2. The standard InChI is InChI=1S/C18H25NO3/c1-12-8-13(2)10-15(9-12)16(20)14-6-7-19(11-14)17(21)22-18(3,4)5/h8-10,14H,6-7,11H2,1-5H3. The molecule has 1 amide bonds. The van der Waals surface area contributed by atoms with Crippen LogP contribution in [0.3, 0.4) is 0 Å². The van der Waals surface area contributed by atoms with Gasteiger partial charge in [-0.05, 0) is 53.2 Å². The number of likely N-dealkylation sites (tertiary alicyclic amines) is 1. The fraction of sp³-hybridized carbons (Fsp3) is 0.556. The van der Waals surface area contributed by atoms with Crippen molar-refractivity contribution in [2.75, 3.05) is 13.1 Å². The Morgan fingerprint density at radius 3 is 2.27 bits per heavy atom. The van der Waals surface area contributed by atoms with E-state index in [4.69, 9.17) is 4.74 Å². The van der Waals surface area contributed by atoms with Crippen molar-refractivity contribution < 1.29 is 14.3 Å². The summed E-state index contributed by atoms with van der Waals surface area (Å²) in [6, 6.07) is 5.90. The summed E-state index contributed by atoms with van der Waals surface area (Å²) in [5, 5.41) is 0. The molecule has 1 aliphatic heterocycles. The Morgan fingerprint density at radius 2 is 1.73 bits per heavy atom. The second-order valence-electron chi connectivity index (χ2n) is 7.15. The van der Waals surface area contributed by atoms with Crippen molar-refractivity contribution in [1.29, 1.82) is 0 Å². The Kier molecular flexibility index (Phi) is 4.59. The average Bonchev–Trinajstić information content (AvgIpc) is 2.84. The first-order valence-corrected chi connectivity index (χ1v) is 7.76. The maximum atomic E-state index is 12.6. The minimum absolute atomic E-state index is 0.123. The lowest BCUT2D eigenvalue weighted by molar-refractivity contribution is 0.0289. The maximum Gasteiger partial charge on any atom is 0.410 e. The third-order valence-electron chi connectivity index (χ3n) is 3.72. The van der Waals surface area contributed by atoms with Crippen molar-refractivity contribution >= 4 is 11.9 Å². The maximum absolute atomic E-state index is 12.6. The molecule has 1 aliphatic rings. The minimum Gasteiger partial charge on any atom is -0.444 e. The largest absolute Gasteiger partial charge is 0.444 e. The third kappa shape index (κ3) is 4.09. The fourth-order valence-corrected chi connectivity index (χ4v) is 2.82. The molecule has 2 rings (SSSR count). The number of nitrogens with zero attached hydrogens (tertiary/aromatic N) is 1. The van der Waals surface area contributed by atoms with E-state index in [1.54, 1.807) is 4.90 Å². The molecule has 1 heterocycles. The van der Waals surface area contributed by atoms with Gasteiger partial charge in [-0.25, -0.2) is 4.79 Å². The predicted molar refractivity (Wildman–Crippen MR) is 86.2 cm³/mol. The normalized spacial score (nSPS) is 18.4. The van der Waals surface area contributed by atoms with Crippen LogP contribution >= 0.6 is 0 Å². The summed E-state index contributed by atoms with van der Waals surface area (Å²) in [4.78, 5) is 26.3. The number of amides is 1. The second-order valence-corrected chi connectivity index (χ2v) is 7.15. The molecule has 0 spiro atoms. The molecule has 0 aromatic heterocycles. The van der Waals surface area contributed by atoms with Gasteiger partial charge in [-0.2, -0.15) is 0 Å². The molecule has 4 heteroatoms. The number of benzene rings is 1. The highest BCUT2D eigenvalue weighted by Crippen LogP contribution is 2.24. The molecular weight excluding hydrogens is 278 g/mol. The Morgan fingerprint density at radius 1 is 1.14 bits per heavy atom. The molecule has 1 unspecified atom stereocenters. The summed E-state index contributed by atoms with van der Waals surface area (Å²) < 4.78 is 5.37. The number of aryl methyl sites for hydroxylation is 2. The predicted octanol–water partition coefficient (Wildman–Crippen LogP) is 3.74. The van der Waals surface area contributed by atoms with Crippen LogP contribution in [0.25, 0.3) is 0 Å². The summed E-state index contributed by atoms with van der Waals surface area (Å²) in [6.07, 6.45) is 0.369. The zero-order chi connectivity index (χ0) is 16.5. The first-order chi connectivity index (χ1) is 10.2. The lowest BCUT2D eigenvalue weighted by Crippen LogP contribution is -2.35. The SMILES string of the molecule is Cc1cc(C)cc(C(=O)C2CCN(C(=O)OC(C)(C)C)C2)c1. The van der Waals surface area contributed by atoms with Gasteiger partial charge in [0.1, 0.15) is 5.60 Å². The van der Waals surface area contributed by atoms with Crippen LogP contribution < -0.4 is 0 Å². The molecule has 1 aromatic rings. The zero-order valence-corrected chi connectivity index (χ0v) is 14.1. The van der Waals surface area contributed by atoms with Crippen LogP contribution in [-0.4, -0.2) is 35.5 Å². The molecule has 0 N–H and O–H groups in total. The summed E-state index contributed by atoms with van der Waals surface area (Å²) >= 11 is 0. The molecule has 22 heavy (non-hydrogen) atoms. The van der Waals surface area contributed by atoms with Crippen molar-refractivity contribution in [3.63, 3.8) is 0 Å². The van der Waals surface area contributed by atoms with Crippen LogP contribution in [0.4, 0.5) is 4.79 Å². The molecule has 4 nitrogen and oxygen atoms in total. The highest BCUT2D eigenvalue weighted by Gasteiger charge is 2.33. The van der Waals surface area contributed by atoms with Crippen molar-refractivity contribution in [1.82, 2.24) is 4.90 Å². The van der Waals surface area contributed by atoms with E-state index in [0.717, 1.165) is 16.7 Å². The molecule has 1 fully saturated rings. The summed E-state index contributed by atoms with van der Waals surface area (Å²) in [5.74, 6) is -0.00780. The van der Waals surface area contributed by atoms with E-state index in [1.165, 1.54) is 0 Å². The molecular formula is C18H25NO3. The van der Waals surface area contributed by atoms with Gasteiger partial charge in [-0.1, -0.05) is 17.2 Å². The van der Waals surface area contributed by atoms with Gasteiger partial charge in [0.15, 0.2) is 5.78 Å². The van der Waals surface area contributed by atoms with Crippen molar-refractivity contribution in [3.05, 3.63) is 34.9 Å². The first kappa shape index (κ1) is 16.5. The van der Waals surface area contributed by atoms with E-state index in [1.807, 2.05) is 46.8 Å². The molecule has 0 bridgehead atoms. The quantitative estimate of drug-likeness (QED) is 0.782. The van der Waals surface area contributed by atoms with E-state index in [0.29, 0.717) is 19.5 Å². The van der Waals surface area contributed by atoms with Crippen molar-refractivity contribution in [2.45, 2.75) is 46.6 Å². The molecule has 0 saturated carbocycles. The Labute approximate surface area is 132 Å². The molecule has 120 valence electrons. The van der Waals surface area contributed by atoms with Gasteiger partial charge >= 0.3 is 6.09 Å². The molecule has 1 atom stereocenters. The van der Waals surface area contributed by atoms with Crippen LogP contribution in [0.5, 0.6) is 0 Å². The van der Waals surface area contributed by atoms with Gasteiger partial charge in [0.05, 0.1) is 0 Å². The van der Waals surface area contributed by atoms with E-state index in [-0.39, 0.29) is 17.8 Å². The van der Waals surface area contributed by atoms with Crippen molar-refractivity contribution in [3.8, 4) is 0 Å². The van der Waals surface area contributed by atoms with Crippen LogP contribution in [0, 0.1) is 19.8 Å². The van der Waals surface area contributed by atoms with Crippen LogP contribution in [0.2, 0.25) is 0 Å². The Hall–Kier alpha value is -1.84. The highest BCUT2D eigenvalue weighted by molar-refractivity contribution is 5.98. The number of carbonyl (C=O) groups is 2. The Bertz CT molecular complexity index is 566. The number of hydrogen-bond acceptors (Lipinski definition) is 3. The lowest BCUT2D eigenvalue weighted by atomic mass is 9.94. The van der Waals surface area contributed by atoms with Crippen molar-refractivity contribution in [2.24, 2.45) is 5.92 Å². The highest BCUT2D eigenvalue weighted by atomic mass is 16.6. The van der Waals surface area contributed by atoms with E-state index < -0.39 is 5.60 Å². The van der Waals surface area contributed by atoms with E-state index >= 15 is 0 Å². The fourth-order valence-electron chi connectivity index (χ4n) is 2.82. The smallest absolute Gasteiger partial charge is 0.410 e. The van der Waals surface area contributed by atoms with E-state index in [2.05, 4.69) is 6.07 Å². The molecule has 1 aromatic carbocycles. The number of Topliss-reactive ketones (excluding diaryl/α,β-unsaturated/α-hetero) is 1. The molecule has 0 aliphatic carbocycles. The summed E-state index contributed by atoms with van der Waals surface area (Å²) in [6.45, 7) is 10.5. The van der Waals surface area contributed by atoms with Gasteiger partial charge in [0, 0.05) is 24.6 Å². The first-order valence-electron chi connectivity index (χ1n) is 7.76. The molecule has 1 saturated heterocycles. The van der Waals surface area contributed by atoms with Gasteiger partial charge in [0.25, 0.3) is 0 Å². The van der Waals surface area contributed by atoms with Crippen LogP contribution in [0.15, 0.2) is 18.2 Å². The zero-order valence-electron chi connectivity index (χ0n) is 14.1. The van der Waals surface area contributed by atoms with Crippen LogP contribution in [-0.2, 0) is 4.74 Å². The number of hydrogen-bond donors (Lipinski definition) is 0. The molecule has 0 radical (unpaired) electrons. The van der Waals surface area contributed by atoms with E-state index in [9.17, 15) is 9.59 Å². The minimum atomic E-state index is -0.507. The number of ether oxygens (including phenoxy) is 1. The second kappa shape index (κ2) is 6.11. The van der Waals surface area contributed by atoms with Gasteiger partial charge in [0.2, 0.25) is 0 Å². The number of ketones is 1. The van der Waals surface area contributed by atoms with Crippen LogP contribution in [0.1, 0.15) is 48.7 Å². The average molecular weight is 303 g/mol. The van der Waals surface area contributed by atoms with Gasteiger partial charge < -0.3 is 9.64 Å². The third-order valence-corrected chi connectivity index (χ3v) is 3.72. The van der Waals surface area contributed by atoms with Gasteiger partial charge in [-0.15, -0.1) is 0 Å². The topological polar surface area (TPSA) is 46.6 Å². The number of rotatable bonds is 2. The van der Waals surface area contributed by atoms with Gasteiger partial charge in [-0.3, -0.25) is 4.79 Å². The monoisotopic (exact) mass is 303 g/mol. The Balaban J connectivity index is 2.03. The summed E-state index contributed by atoms with van der Waals surface area (Å²) in [5.41, 5.74) is 2.41. The lowest BCUT2D eigenvalue weighted by Gasteiger charge is -2.24.